The second-order valence-electron chi connectivity index (χ2n) is 8.52. The van der Waals surface area contributed by atoms with Gasteiger partial charge in [-0.05, 0) is 52.1 Å². The molecule has 3 atom stereocenters. The fourth-order valence-corrected chi connectivity index (χ4v) is 5.08. The molecule has 29 heavy (non-hydrogen) atoms. The van der Waals surface area contributed by atoms with E-state index in [0.29, 0.717) is 11.8 Å². The third kappa shape index (κ3) is 2.91. The van der Waals surface area contributed by atoms with E-state index in [1.807, 2.05) is 6.07 Å². The van der Waals surface area contributed by atoms with Crippen molar-refractivity contribution >= 4 is 11.4 Å². The van der Waals surface area contributed by atoms with Crippen molar-refractivity contribution < 1.29 is 4.92 Å². The highest BCUT2D eigenvalue weighted by Crippen LogP contribution is 2.54. The van der Waals surface area contributed by atoms with Crippen LogP contribution in [0.15, 0.2) is 66.7 Å². The maximum atomic E-state index is 11.4. The van der Waals surface area contributed by atoms with E-state index in [1.165, 1.54) is 22.3 Å². The first kappa shape index (κ1) is 17.9. The van der Waals surface area contributed by atoms with Gasteiger partial charge in [-0.3, -0.25) is 10.1 Å². The molecule has 0 aromatic heterocycles. The van der Waals surface area contributed by atoms with Crippen LogP contribution in [0, 0.1) is 16.0 Å². The average Bonchev–Trinajstić information content (AvgIpc) is 3.12. The molecule has 0 bridgehead atoms. The van der Waals surface area contributed by atoms with Gasteiger partial charge in [0, 0.05) is 23.7 Å². The molecule has 1 aliphatic carbocycles. The zero-order valence-electron chi connectivity index (χ0n) is 16.6. The highest BCUT2D eigenvalue weighted by Gasteiger charge is 2.43. The molecule has 0 radical (unpaired) electrons. The summed E-state index contributed by atoms with van der Waals surface area (Å²) >= 11 is 0. The maximum Gasteiger partial charge on any atom is 0.269 e. The van der Waals surface area contributed by atoms with E-state index in [2.05, 4.69) is 67.7 Å². The number of hydrogen-bond donors (Lipinski definition) is 1. The molecule has 0 spiro atoms. The lowest BCUT2D eigenvalue weighted by molar-refractivity contribution is -0.384. The van der Waals surface area contributed by atoms with E-state index in [1.54, 1.807) is 12.1 Å². The van der Waals surface area contributed by atoms with E-state index >= 15 is 0 Å². The lowest BCUT2D eigenvalue weighted by atomic mass is 9.75. The van der Waals surface area contributed by atoms with Crippen LogP contribution in [0.25, 0.3) is 0 Å². The minimum absolute atomic E-state index is 0.161. The van der Waals surface area contributed by atoms with Gasteiger partial charge in [0.2, 0.25) is 0 Å². The molecule has 146 valence electrons. The van der Waals surface area contributed by atoms with Crippen molar-refractivity contribution in [3.63, 3.8) is 0 Å². The molecule has 1 heterocycles. The highest BCUT2D eigenvalue weighted by atomic mass is 16.6. The van der Waals surface area contributed by atoms with Crippen LogP contribution in [0.3, 0.4) is 0 Å². The topological polar surface area (TPSA) is 55.2 Å². The smallest absolute Gasteiger partial charge is 0.269 e. The van der Waals surface area contributed by atoms with Crippen molar-refractivity contribution in [2.75, 3.05) is 5.32 Å². The van der Waals surface area contributed by atoms with Gasteiger partial charge in [0.1, 0.15) is 0 Å². The maximum absolute atomic E-state index is 11.4. The third-order valence-electron chi connectivity index (χ3n) is 6.56. The molecule has 2 aliphatic rings. The van der Waals surface area contributed by atoms with Crippen molar-refractivity contribution in [3.8, 4) is 0 Å². The number of fused-ring (bicyclic) bond motifs is 5. The summed E-state index contributed by atoms with van der Waals surface area (Å²) in [7, 11) is 0. The first-order chi connectivity index (χ1) is 14.0. The Labute approximate surface area is 170 Å². The van der Waals surface area contributed by atoms with Gasteiger partial charge in [-0.25, -0.2) is 0 Å². The molecule has 0 unspecified atom stereocenters. The molecule has 3 aromatic rings. The Morgan fingerprint density at radius 2 is 1.76 bits per heavy atom. The standard InChI is InChI=1S/C25H24N2O2/c1-15(2)16-7-9-17(10-8-16)25-22-13-18-5-3-4-6-20(18)24(22)21-14-19(27(28)29)11-12-23(21)26-25/h3-12,14-15,22,24-26H,13H2,1-2H3/t22-,24-,25+/m1/s1. The normalized spacial score (nSPS) is 21.8. The number of nitrogens with zero attached hydrogens (tertiary/aromatic N) is 1. The van der Waals surface area contributed by atoms with Crippen LogP contribution in [-0.4, -0.2) is 4.92 Å². The molecule has 0 amide bonds. The average molecular weight is 384 g/mol. The summed E-state index contributed by atoms with van der Waals surface area (Å²) in [6, 6.07) is 22.9. The van der Waals surface area contributed by atoms with Gasteiger partial charge in [0.15, 0.2) is 0 Å². The van der Waals surface area contributed by atoms with Gasteiger partial charge < -0.3 is 5.32 Å². The van der Waals surface area contributed by atoms with Crippen LogP contribution >= 0.6 is 0 Å². The number of nitro benzene ring substituents is 1. The molecule has 1 aliphatic heterocycles. The predicted molar refractivity (Wildman–Crippen MR) is 115 cm³/mol. The van der Waals surface area contributed by atoms with Crippen LogP contribution in [0.5, 0.6) is 0 Å². The highest BCUT2D eigenvalue weighted by molar-refractivity contribution is 5.65. The molecule has 4 heteroatoms. The summed E-state index contributed by atoms with van der Waals surface area (Å²) < 4.78 is 0. The van der Waals surface area contributed by atoms with Crippen molar-refractivity contribution in [2.45, 2.75) is 38.1 Å². The summed E-state index contributed by atoms with van der Waals surface area (Å²) in [5, 5.41) is 15.1. The predicted octanol–water partition coefficient (Wildman–Crippen LogP) is 6.19. The van der Waals surface area contributed by atoms with Gasteiger partial charge in [0.05, 0.1) is 11.0 Å². The lowest BCUT2D eigenvalue weighted by Gasteiger charge is -2.38. The van der Waals surface area contributed by atoms with Crippen LogP contribution in [0.4, 0.5) is 11.4 Å². The zero-order chi connectivity index (χ0) is 20.1. The summed E-state index contributed by atoms with van der Waals surface area (Å²) in [4.78, 5) is 11.1. The van der Waals surface area contributed by atoms with E-state index in [4.69, 9.17) is 0 Å². The minimum Gasteiger partial charge on any atom is -0.378 e. The monoisotopic (exact) mass is 384 g/mol. The van der Waals surface area contributed by atoms with Crippen LogP contribution in [0.1, 0.15) is 59.5 Å². The number of nitro groups is 1. The Balaban J connectivity index is 1.63. The van der Waals surface area contributed by atoms with E-state index < -0.39 is 0 Å². The van der Waals surface area contributed by atoms with E-state index in [-0.39, 0.29) is 22.6 Å². The van der Waals surface area contributed by atoms with Crippen molar-refractivity contribution in [1.82, 2.24) is 0 Å². The summed E-state index contributed by atoms with van der Waals surface area (Å²) in [5.41, 5.74) is 7.49. The summed E-state index contributed by atoms with van der Waals surface area (Å²) in [5.74, 6) is 1.03. The number of nitrogens with one attached hydrogen (secondary N) is 1. The molecule has 4 nitrogen and oxygen atoms in total. The molecular formula is C25H24N2O2. The van der Waals surface area contributed by atoms with Gasteiger partial charge in [-0.1, -0.05) is 62.4 Å². The molecule has 3 aromatic carbocycles. The Bertz CT molecular complexity index is 1090. The zero-order valence-corrected chi connectivity index (χ0v) is 16.6. The number of anilines is 1. The summed E-state index contributed by atoms with van der Waals surface area (Å²) in [6.45, 7) is 4.42. The second-order valence-corrected chi connectivity index (χ2v) is 8.52. The van der Waals surface area contributed by atoms with E-state index in [9.17, 15) is 10.1 Å². The number of hydrogen-bond acceptors (Lipinski definition) is 3. The van der Waals surface area contributed by atoms with Crippen molar-refractivity contribution in [1.29, 1.82) is 0 Å². The van der Waals surface area contributed by atoms with Crippen molar-refractivity contribution in [2.24, 2.45) is 5.92 Å². The molecular weight excluding hydrogens is 360 g/mol. The van der Waals surface area contributed by atoms with Gasteiger partial charge in [-0.2, -0.15) is 0 Å². The van der Waals surface area contributed by atoms with Crippen molar-refractivity contribution in [3.05, 3.63) is 105 Å². The van der Waals surface area contributed by atoms with Crippen LogP contribution in [-0.2, 0) is 6.42 Å². The molecule has 1 N–H and O–H groups in total. The van der Waals surface area contributed by atoms with Gasteiger partial charge >= 0.3 is 0 Å². The molecule has 0 saturated heterocycles. The molecule has 0 fully saturated rings. The molecule has 5 rings (SSSR count). The van der Waals surface area contributed by atoms with Crippen LogP contribution in [0.2, 0.25) is 0 Å². The Kier molecular flexibility index (Phi) is 4.16. The third-order valence-corrected chi connectivity index (χ3v) is 6.56. The number of benzene rings is 3. The quantitative estimate of drug-likeness (QED) is 0.433. The Morgan fingerprint density at radius 1 is 1.00 bits per heavy atom. The van der Waals surface area contributed by atoms with Gasteiger partial charge in [-0.15, -0.1) is 0 Å². The second kappa shape index (κ2) is 6.73. The fourth-order valence-electron chi connectivity index (χ4n) is 5.08. The number of rotatable bonds is 3. The van der Waals surface area contributed by atoms with Crippen LogP contribution < -0.4 is 5.32 Å². The first-order valence-corrected chi connectivity index (χ1v) is 10.3. The SMILES string of the molecule is CC(C)c1ccc([C@@H]2Nc3ccc([N+](=O)[O-])cc3[C@H]3c4ccccc4C[C@H]32)cc1. The Hall–Kier alpha value is -3.14. The van der Waals surface area contributed by atoms with E-state index in [0.717, 1.165) is 17.7 Å². The largest absolute Gasteiger partial charge is 0.378 e. The Morgan fingerprint density at radius 3 is 2.48 bits per heavy atom. The van der Waals surface area contributed by atoms with Gasteiger partial charge in [0.25, 0.3) is 5.69 Å². The first-order valence-electron chi connectivity index (χ1n) is 10.3. The summed E-state index contributed by atoms with van der Waals surface area (Å²) in [6.07, 6.45) is 0.979. The lowest BCUT2D eigenvalue weighted by Crippen LogP contribution is -2.30. The molecule has 0 saturated carbocycles. The minimum atomic E-state index is -0.299. The number of non-ortho nitro benzene ring substituents is 1. The fraction of sp³-hybridized carbons (Fsp3) is 0.280.